The molecule has 16 heavy (non-hydrogen) atoms. The lowest BCUT2D eigenvalue weighted by atomic mass is 9.90. The van der Waals surface area contributed by atoms with Gasteiger partial charge in [0.05, 0.1) is 0 Å². The van der Waals surface area contributed by atoms with E-state index < -0.39 is 17.5 Å². The van der Waals surface area contributed by atoms with Crippen LogP contribution in [-0.2, 0) is 0 Å². The molecule has 0 N–H and O–H groups in total. The third kappa shape index (κ3) is 2.03. The van der Waals surface area contributed by atoms with Crippen LogP contribution in [0.5, 0.6) is 0 Å². The summed E-state index contributed by atoms with van der Waals surface area (Å²) in [4.78, 5) is 0. The predicted octanol–water partition coefficient (Wildman–Crippen LogP) is 4.09. The second kappa shape index (κ2) is 4.16. The van der Waals surface area contributed by atoms with E-state index in [1.54, 1.807) is 0 Å². The normalized spacial score (nSPS) is 19.8. The van der Waals surface area contributed by atoms with Crippen LogP contribution in [0, 0.1) is 17.5 Å². The van der Waals surface area contributed by atoms with Gasteiger partial charge in [0.15, 0.2) is 17.5 Å². The van der Waals surface area contributed by atoms with Crippen LogP contribution in [0.1, 0.15) is 24.8 Å². The highest BCUT2D eigenvalue weighted by atomic mass is 19.2. The lowest BCUT2D eigenvalue weighted by Gasteiger charge is -2.15. The molecule has 0 amide bonds. The lowest BCUT2D eigenvalue weighted by molar-refractivity contribution is 0.444. The van der Waals surface area contributed by atoms with Crippen molar-refractivity contribution in [3.63, 3.8) is 0 Å². The van der Waals surface area contributed by atoms with Gasteiger partial charge < -0.3 is 0 Å². The largest absolute Gasteiger partial charge is 0.204 e. The van der Waals surface area contributed by atoms with Crippen molar-refractivity contribution >= 4 is 0 Å². The first-order valence-electron chi connectivity index (χ1n) is 5.07. The molecule has 1 aliphatic rings. The van der Waals surface area contributed by atoms with Gasteiger partial charge in [-0.3, -0.25) is 0 Å². The predicted molar refractivity (Wildman–Crippen MR) is 56.6 cm³/mol. The summed E-state index contributed by atoms with van der Waals surface area (Å²) < 4.78 is 38.8. The minimum Gasteiger partial charge on any atom is -0.204 e. The summed E-state index contributed by atoms with van der Waals surface area (Å²) in [5, 5.41) is 0. The molecule has 0 aromatic heterocycles. The molecule has 0 saturated carbocycles. The molecule has 0 bridgehead atoms. The van der Waals surface area contributed by atoms with E-state index in [1.807, 2.05) is 25.2 Å². The number of halogens is 3. The average Bonchev–Trinajstić information content (AvgIpc) is 2.26. The maximum atomic E-state index is 13.0. The van der Waals surface area contributed by atoms with Crippen LogP contribution in [0.4, 0.5) is 13.2 Å². The zero-order chi connectivity index (χ0) is 11.7. The van der Waals surface area contributed by atoms with Crippen molar-refractivity contribution in [2.75, 3.05) is 0 Å². The van der Waals surface area contributed by atoms with Crippen LogP contribution in [-0.4, -0.2) is 0 Å². The van der Waals surface area contributed by atoms with Gasteiger partial charge in [0, 0.05) is 5.92 Å². The van der Waals surface area contributed by atoms with E-state index in [0.29, 0.717) is 12.0 Å². The van der Waals surface area contributed by atoms with Crippen molar-refractivity contribution < 1.29 is 13.2 Å². The molecule has 0 spiro atoms. The first-order chi connectivity index (χ1) is 7.58. The van der Waals surface area contributed by atoms with Gasteiger partial charge in [0.25, 0.3) is 0 Å². The third-order valence-electron chi connectivity index (χ3n) is 2.72. The Morgan fingerprint density at radius 3 is 2.25 bits per heavy atom. The average molecular weight is 224 g/mol. The molecule has 1 aliphatic carbocycles. The van der Waals surface area contributed by atoms with Crippen molar-refractivity contribution in [3.05, 3.63) is 58.9 Å². The van der Waals surface area contributed by atoms with E-state index in [9.17, 15) is 13.2 Å². The van der Waals surface area contributed by atoms with Gasteiger partial charge >= 0.3 is 0 Å². The van der Waals surface area contributed by atoms with Crippen LogP contribution < -0.4 is 0 Å². The van der Waals surface area contributed by atoms with E-state index in [-0.39, 0.29) is 5.92 Å². The highest BCUT2D eigenvalue weighted by Crippen LogP contribution is 2.28. The summed E-state index contributed by atoms with van der Waals surface area (Å²) in [6.07, 6.45) is 6.45. The van der Waals surface area contributed by atoms with E-state index in [4.69, 9.17) is 0 Å². The van der Waals surface area contributed by atoms with Crippen molar-refractivity contribution in [2.45, 2.75) is 19.3 Å². The summed E-state index contributed by atoms with van der Waals surface area (Å²) in [6, 6.07) is 2.11. The van der Waals surface area contributed by atoms with Crippen LogP contribution in [0.2, 0.25) is 0 Å². The van der Waals surface area contributed by atoms with Gasteiger partial charge in [0.1, 0.15) is 0 Å². The molecule has 84 valence electrons. The molecule has 0 fully saturated rings. The smallest absolute Gasteiger partial charge is 0.194 e. The molecule has 1 aromatic rings. The quantitative estimate of drug-likeness (QED) is 0.630. The monoisotopic (exact) mass is 224 g/mol. The van der Waals surface area contributed by atoms with Crippen molar-refractivity contribution in [1.29, 1.82) is 0 Å². The Bertz CT molecular complexity index is 449. The van der Waals surface area contributed by atoms with Crippen LogP contribution in [0.15, 0.2) is 35.9 Å². The maximum Gasteiger partial charge on any atom is 0.194 e. The van der Waals surface area contributed by atoms with Crippen molar-refractivity contribution in [3.8, 4) is 0 Å². The number of benzene rings is 1. The second-order valence-electron chi connectivity index (χ2n) is 3.95. The number of hydrogen-bond acceptors (Lipinski definition) is 0. The number of rotatable bonds is 1. The third-order valence-corrected chi connectivity index (χ3v) is 2.72. The Balaban J connectivity index is 2.33. The van der Waals surface area contributed by atoms with E-state index >= 15 is 0 Å². The SMILES string of the molecule is CC1=CCC(c2cc(F)c(F)c(F)c2)C=C1. The van der Waals surface area contributed by atoms with Gasteiger partial charge in [-0.15, -0.1) is 0 Å². The fourth-order valence-corrected chi connectivity index (χ4v) is 1.76. The van der Waals surface area contributed by atoms with Gasteiger partial charge in [-0.05, 0) is 31.0 Å². The topological polar surface area (TPSA) is 0 Å². The molecule has 1 unspecified atom stereocenters. The summed E-state index contributed by atoms with van der Waals surface area (Å²) >= 11 is 0. The molecular weight excluding hydrogens is 213 g/mol. The Labute approximate surface area is 92.1 Å². The molecule has 1 atom stereocenters. The lowest BCUT2D eigenvalue weighted by Crippen LogP contribution is -2.01. The fraction of sp³-hybridized carbons (Fsp3) is 0.231. The zero-order valence-electron chi connectivity index (χ0n) is 8.81. The first-order valence-corrected chi connectivity index (χ1v) is 5.07. The van der Waals surface area contributed by atoms with Crippen LogP contribution >= 0.6 is 0 Å². The number of allylic oxidation sites excluding steroid dienone is 4. The Hall–Kier alpha value is -1.51. The van der Waals surface area contributed by atoms with Crippen molar-refractivity contribution in [1.82, 2.24) is 0 Å². The second-order valence-corrected chi connectivity index (χ2v) is 3.95. The molecule has 0 saturated heterocycles. The molecule has 0 aliphatic heterocycles. The molecule has 2 rings (SSSR count). The summed E-state index contributed by atoms with van der Waals surface area (Å²) in [5.41, 5.74) is 1.59. The van der Waals surface area contributed by atoms with Gasteiger partial charge in [-0.25, -0.2) is 13.2 Å². The maximum absolute atomic E-state index is 13.0. The Morgan fingerprint density at radius 1 is 1.12 bits per heavy atom. The van der Waals surface area contributed by atoms with E-state index in [0.717, 1.165) is 17.7 Å². The van der Waals surface area contributed by atoms with Gasteiger partial charge in [-0.2, -0.15) is 0 Å². The van der Waals surface area contributed by atoms with Crippen molar-refractivity contribution in [2.24, 2.45) is 0 Å². The standard InChI is InChI=1S/C13H11F3/c1-8-2-4-9(5-3-8)10-6-11(14)13(16)12(15)7-10/h2-4,6-7,9H,5H2,1H3. The summed E-state index contributed by atoms with van der Waals surface area (Å²) in [6.45, 7) is 1.96. The van der Waals surface area contributed by atoms with Gasteiger partial charge in [-0.1, -0.05) is 23.8 Å². The minimum atomic E-state index is -1.41. The van der Waals surface area contributed by atoms with Crippen LogP contribution in [0.25, 0.3) is 0 Å². The van der Waals surface area contributed by atoms with Crippen LogP contribution in [0.3, 0.4) is 0 Å². The molecule has 0 heterocycles. The summed E-state index contributed by atoms with van der Waals surface area (Å²) in [5.74, 6) is -3.74. The minimum absolute atomic E-state index is 0.0756. The molecular formula is C13H11F3. The van der Waals surface area contributed by atoms with E-state index in [1.165, 1.54) is 0 Å². The first kappa shape index (κ1) is 11.0. The molecule has 0 nitrogen and oxygen atoms in total. The highest BCUT2D eigenvalue weighted by Gasteiger charge is 2.16. The Morgan fingerprint density at radius 2 is 1.75 bits per heavy atom. The Kier molecular flexibility index (Phi) is 2.86. The summed E-state index contributed by atoms with van der Waals surface area (Å²) in [7, 11) is 0. The zero-order valence-corrected chi connectivity index (χ0v) is 8.81. The molecule has 3 heteroatoms. The van der Waals surface area contributed by atoms with Gasteiger partial charge in [0.2, 0.25) is 0 Å². The highest BCUT2D eigenvalue weighted by molar-refractivity contribution is 5.32. The fourth-order valence-electron chi connectivity index (χ4n) is 1.76. The molecule has 1 aromatic carbocycles. The molecule has 0 radical (unpaired) electrons. The van der Waals surface area contributed by atoms with E-state index in [2.05, 4.69) is 0 Å². The number of hydrogen-bond donors (Lipinski definition) is 0.